The van der Waals surface area contributed by atoms with E-state index < -0.39 is 0 Å². The van der Waals surface area contributed by atoms with E-state index in [1.807, 2.05) is 0 Å². The summed E-state index contributed by atoms with van der Waals surface area (Å²) in [5.41, 5.74) is 1.77. The molecule has 5 heteroatoms. The van der Waals surface area contributed by atoms with Crippen LogP contribution in [0, 0.1) is 0 Å². The molecule has 0 fully saturated rings. The number of ketones is 2. The largest absolute Gasteiger partial charge is 0.289 e. The number of carbonyl (C=O) groups is 3. The molecule has 0 saturated carbocycles. The fraction of sp³-hybridized carbons (Fsp3) is 0.118. The second-order valence-corrected chi connectivity index (χ2v) is 5.64. The third kappa shape index (κ3) is 2.09. The highest BCUT2D eigenvalue weighted by Crippen LogP contribution is 2.35. The van der Waals surface area contributed by atoms with Crippen molar-refractivity contribution in [3.05, 3.63) is 64.7 Å². The molecule has 0 spiro atoms. The van der Waals surface area contributed by atoms with Gasteiger partial charge >= 0.3 is 0 Å². The van der Waals surface area contributed by atoms with E-state index in [9.17, 15) is 14.4 Å². The zero-order valence-corrected chi connectivity index (χ0v) is 13.4. The van der Waals surface area contributed by atoms with Gasteiger partial charge in [0.15, 0.2) is 11.6 Å². The highest BCUT2D eigenvalue weighted by atomic mass is 79.9. The molecule has 2 aromatic carbocycles. The fourth-order valence-electron chi connectivity index (χ4n) is 2.56. The predicted octanol–water partition coefficient (Wildman–Crippen LogP) is 3.51. The summed E-state index contributed by atoms with van der Waals surface area (Å²) in [6, 6.07) is 11.7. The highest BCUT2D eigenvalue weighted by Gasteiger charge is 2.33. The number of rotatable bonds is 2. The zero-order valence-electron chi connectivity index (χ0n) is 11.8. The molecule has 0 heterocycles. The average molecular weight is 358 g/mol. The van der Waals surface area contributed by atoms with Crippen LogP contribution in [0.4, 0.5) is 5.69 Å². The van der Waals surface area contributed by atoms with Crippen LogP contribution in [0.1, 0.15) is 45.2 Å². The summed E-state index contributed by atoms with van der Waals surface area (Å²) in [6.45, 7) is 1.73. The minimum absolute atomic E-state index is 0.187. The third-order valence-electron chi connectivity index (χ3n) is 3.66. The van der Waals surface area contributed by atoms with Crippen molar-refractivity contribution in [2.24, 2.45) is 0 Å². The molecule has 0 bridgehead atoms. The molecule has 0 aliphatic heterocycles. The molecule has 22 heavy (non-hydrogen) atoms. The molecule has 0 saturated heterocycles. The summed E-state index contributed by atoms with van der Waals surface area (Å²) in [4.78, 5) is 37.3. The molecule has 3 rings (SSSR count). The van der Waals surface area contributed by atoms with Crippen molar-refractivity contribution in [2.45, 2.75) is 13.3 Å². The number of benzene rings is 2. The van der Waals surface area contributed by atoms with Gasteiger partial charge in [0, 0.05) is 23.1 Å². The smallest absolute Gasteiger partial charge is 0.236 e. The van der Waals surface area contributed by atoms with E-state index in [0.29, 0.717) is 22.4 Å². The Morgan fingerprint density at radius 2 is 1.55 bits per heavy atom. The molecule has 0 aromatic heterocycles. The summed E-state index contributed by atoms with van der Waals surface area (Å²) in [6.07, 6.45) is 0.285. The molecule has 0 radical (unpaired) electrons. The van der Waals surface area contributed by atoms with Gasteiger partial charge in [-0.1, -0.05) is 43.3 Å². The summed E-state index contributed by atoms with van der Waals surface area (Å²) < 4.78 is 1.25. The van der Waals surface area contributed by atoms with E-state index in [2.05, 4.69) is 16.1 Å². The minimum atomic E-state index is -0.242. The van der Waals surface area contributed by atoms with Crippen molar-refractivity contribution in [1.29, 1.82) is 0 Å². The molecule has 0 unspecified atom stereocenters. The Morgan fingerprint density at radius 1 is 0.955 bits per heavy atom. The number of hydrogen-bond donors (Lipinski definition) is 0. The van der Waals surface area contributed by atoms with Crippen molar-refractivity contribution in [3.8, 4) is 0 Å². The number of halogens is 1. The van der Waals surface area contributed by atoms with Gasteiger partial charge < -0.3 is 0 Å². The first-order chi connectivity index (χ1) is 10.6. The topological polar surface area (TPSA) is 54.5 Å². The van der Waals surface area contributed by atoms with Crippen LogP contribution < -0.4 is 3.93 Å². The van der Waals surface area contributed by atoms with Gasteiger partial charge in [-0.3, -0.25) is 14.4 Å². The highest BCUT2D eigenvalue weighted by molar-refractivity contribution is 9.10. The minimum Gasteiger partial charge on any atom is -0.289 e. The van der Waals surface area contributed by atoms with Crippen molar-refractivity contribution < 1.29 is 14.4 Å². The lowest BCUT2D eigenvalue weighted by Gasteiger charge is -2.23. The number of carbonyl (C=O) groups excluding carboxylic acids is 3. The Morgan fingerprint density at radius 3 is 2.18 bits per heavy atom. The Bertz CT molecular complexity index is 813. The second-order valence-electron chi connectivity index (χ2n) is 4.93. The number of nitrogens with zero attached hydrogens (tertiary/aromatic N) is 1. The van der Waals surface area contributed by atoms with E-state index in [1.54, 1.807) is 49.4 Å². The first-order valence-corrected chi connectivity index (χ1v) is 7.57. The lowest BCUT2D eigenvalue weighted by molar-refractivity contribution is -0.116. The van der Waals surface area contributed by atoms with Gasteiger partial charge in [-0.2, -0.15) is 0 Å². The van der Waals surface area contributed by atoms with Crippen LogP contribution in [0.15, 0.2) is 42.5 Å². The lowest BCUT2D eigenvalue weighted by Crippen LogP contribution is -2.26. The molecule has 0 N–H and O–H groups in total. The standard InChI is InChI=1S/C17H12BrNO3/c1-2-14(20)19(18)13-9-5-8-12-15(13)17(22)11-7-4-3-6-10(11)16(12)21/h3-9H,2H2,1H3. The fourth-order valence-corrected chi connectivity index (χ4v) is 3.11. The van der Waals surface area contributed by atoms with Crippen LogP contribution in [-0.2, 0) is 4.79 Å². The van der Waals surface area contributed by atoms with E-state index in [4.69, 9.17) is 0 Å². The molecule has 1 aliphatic carbocycles. The predicted molar refractivity (Wildman–Crippen MR) is 86.5 cm³/mol. The average Bonchev–Trinajstić information content (AvgIpc) is 2.57. The molecular formula is C17H12BrNO3. The lowest BCUT2D eigenvalue weighted by atomic mass is 9.83. The molecule has 110 valence electrons. The first-order valence-electron chi connectivity index (χ1n) is 6.86. The van der Waals surface area contributed by atoms with Gasteiger partial charge in [0.2, 0.25) is 5.91 Å². The summed E-state index contributed by atoms with van der Waals surface area (Å²) in [7, 11) is 0. The van der Waals surface area contributed by atoms with Crippen molar-refractivity contribution in [2.75, 3.05) is 3.93 Å². The van der Waals surface area contributed by atoms with Gasteiger partial charge in [0.25, 0.3) is 0 Å². The summed E-state index contributed by atoms with van der Waals surface area (Å²) >= 11 is 3.20. The van der Waals surface area contributed by atoms with Crippen LogP contribution >= 0.6 is 16.1 Å². The molecular weight excluding hydrogens is 346 g/mol. The molecule has 1 aliphatic rings. The molecule has 1 amide bonds. The number of hydrogen-bond acceptors (Lipinski definition) is 3. The number of fused-ring (bicyclic) bond motifs is 2. The van der Waals surface area contributed by atoms with E-state index in [-0.39, 0.29) is 29.5 Å². The van der Waals surface area contributed by atoms with Gasteiger partial charge in [-0.05, 0) is 6.07 Å². The van der Waals surface area contributed by atoms with E-state index in [1.165, 1.54) is 3.93 Å². The Kier molecular flexibility index (Phi) is 3.66. The maximum Gasteiger partial charge on any atom is 0.236 e. The zero-order chi connectivity index (χ0) is 15.9. The van der Waals surface area contributed by atoms with Crippen molar-refractivity contribution >= 4 is 39.3 Å². The van der Waals surface area contributed by atoms with Crippen LogP contribution in [0.5, 0.6) is 0 Å². The second kappa shape index (κ2) is 5.50. The monoisotopic (exact) mass is 357 g/mol. The Hall–Kier alpha value is -2.27. The Labute approximate surface area is 136 Å². The number of amides is 1. The third-order valence-corrected chi connectivity index (χ3v) is 4.44. The first kappa shape index (κ1) is 14.7. The van der Waals surface area contributed by atoms with Crippen molar-refractivity contribution in [3.63, 3.8) is 0 Å². The maximum atomic E-state index is 12.8. The van der Waals surface area contributed by atoms with Gasteiger partial charge in [-0.15, -0.1) is 0 Å². The van der Waals surface area contributed by atoms with E-state index in [0.717, 1.165) is 0 Å². The van der Waals surface area contributed by atoms with Crippen LogP contribution in [0.3, 0.4) is 0 Å². The SMILES string of the molecule is CCC(=O)N(Br)c1cccc2c1C(=O)c1ccccc1C2=O. The van der Waals surface area contributed by atoms with Gasteiger partial charge in [0.05, 0.1) is 27.4 Å². The summed E-state index contributed by atoms with van der Waals surface area (Å²) in [5.74, 6) is -0.626. The van der Waals surface area contributed by atoms with Crippen LogP contribution in [-0.4, -0.2) is 17.5 Å². The molecule has 4 nitrogen and oxygen atoms in total. The Balaban J connectivity index is 2.23. The molecule has 2 aromatic rings. The number of anilines is 1. The normalized spacial score (nSPS) is 12.6. The molecule has 0 atom stereocenters. The quantitative estimate of drug-likeness (QED) is 0.659. The van der Waals surface area contributed by atoms with Gasteiger partial charge in [-0.25, -0.2) is 3.93 Å². The van der Waals surface area contributed by atoms with Crippen molar-refractivity contribution in [1.82, 2.24) is 0 Å². The maximum absolute atomic E-state index is 12.8. The summed E-state index contributed by atoms with van der Waals surface area (Å²) in [5, 5.41) is 0. The van der Waals surface area contributed by atoms with Gasteiger partial charge in [0.1, 0.15) is 0 Å². The van der Waals surface area contributed by atoms with Crippen LogP contribution in [0.25, 0.3) is 0 Å². The van der Waals surface area contributed by atoms with E-state index >= 15 is 0 Å². The van der Waals surface area contributed by atoms with Crippen LogP contribution in [0.2, 0.25) is 0 Å².